The van der Waals surface area contributed by atoms with Crippen LogP contribution in [0, 0.1) is 10.1 Å². The van der Waals surface area contributed by atoms with Crippen LogP contribution in [0.3, 0.4) is 0 Å². The average Bonchev–Trinajstić information content (AvgIpc) is 2.45. The zero-order valence-corrected chi connectivity index (χ0v) is 12.8. The van der Waals surface area contributed by atoms with Gasteiger partial charge in [0.2, 0.25) is 10.0 Å². The number of nitro benzene ring substituents is 1. The van der Waals surface area contributed by atoms with Crippen LogP contribution in [0.15, 0.2) is 30.5 Å². The monoisotopic (exact) mass is 324 g/mol. The molecule has 2 aromatic rings. The van der Waals surface area contributed by atoms with Gasteiger partial charge in [-0.25, -0.2) is 13.1 Å². The molecular formula is C13H16N4O4S. The number of nitro groups is 1. The lowest BCUT2D eigenvalue weighted by molar-refractivity contribution is -0.383. The summed E-state index contributed by atoms with van der Waals surface area (Å²) in [6.07, 6.45) is 3.26. The van der Waals surface area contributed by atoms with Crippen LogP contribution in [0.25, 0.3) is 10.9 Å². The zero-order chi connectivity index (χ0) is 16.2. The quantitative estimate of drug-likeness (QED) is 0.453. The van der Waals surface area contributed by atoms with Gasteiger partial charge in [0.05, 0.1) is 22.3 Å². The highest BCUT2D eigenvalue weighted by Crippen LogP contribution is 2.29. The maximum atomic E-state index is 11.0. The Morgan fingerprint density at radius 3 is 2.73 bits per heavy atom. The number of rotatable bonds is 7. The number of nitrogens with one attached hydrogen (secondary N) is 2. The highest BCUT2D eigenvalue weighted by atomic mass is 32.2. The highest BCUT2D eigenvalue weighted by molar-refractivity contribution is 7.88. The molecule has 0 radical (unpaired) electrons. The van der Waals surface area contributed by atoms with Crippen molar-refractivity contribution in [1.29, 1.82) is 0 Å². The number of aromatic nitrogens is 1. The molecule has 0 atom stereocenters. The van der Waals surface area contributed by atoms with E-state index in [1.165, 1.54) is 6.07 Å². The van der Waals surface area contributed by atoms with Crippen LogP contribution in [0.1, 0.15) is 6.42 Å². The van der Waals surface area contributed by atoms with Crippen molar-refractivity contribution in [1.82, 2.24) is 9.71 Å². The van der Waals surface area contributed by atoms with E-state index >= 15 is 0 Å². The van der Waals surface area contributed by atoms with E-state index < -0.39 is 14.9 Å². The van der Waals surface area contributed by atoms with Crippen molar-refractivity contribution in [3.8, 4) is 0 Å². The van der Waals surface area contributed by atoms with Gasteiger partial charge in [0.15, 0.2) is 0 Å². The predicted octanol–water partition coefficient (Wildman–Crippen LogP) is 1.49. The molecular weight excluding hydrogens is 308 g/mol. The number of hydrogen-bond acceptors (Lipinski definition) is 6. The first-order valence-electron chi connectivity index (χ1n) is 6.59. The lowest BCUT2D eigenvalue weighted by Gasteiger charge is -2.09. The molecule has 0 saturated heterocycles. The molecule has 0 bridgehead atoms. The number of sulfonamides is 1. The molecule has 0 aliphatic rings. The minimum Gasteiger partial charge on any atom is -0.383 e. The summed E-state index contributed by atoms with van der Waals surface area (Å²) in [7, 11) is -3.18. The van der Waals surface area contributed by atoms with Gasteiger partial charge in [0, 0.05) is 25.4 Å². The minimum atomic E-state index is -3.18. The second-order valence-electron chi connectivity index (χ2n) is 4.74. The Bertz CT molecular complexity index is 792. The smallest absolute Gasteiger partial charge is 0.278 e. The molecule has 0 aliphatic carbocycles. The van der Waals surface area contributed by atoms with Crippen molar-refractivity contribution in [2.75, 3.05) is 24.7 Å². The summed E-state index contributed by atoms with van der Waals surface area (Å²) in [5.74, 6) is 0. The molecule has 2 N–H and O–H groups in total. The SMILES string of the molecule is CS(=O)(=O)NCCCNc1ccc([N+](=O)[O-])c2cccnc12. The number of hydrogen-bond donors (Lipinski definition) is 2. The summed E-state index contributed by atoms with van der Waals surface area (Å²) in [6.45, 7) is 0.843. The Hall–Kier alpha value is -2.26. The Morgan fingerprint density at radius 1 is 1.27 bits per heavy atom. The summed E-state index contributed by atoms with van der Waals surface area (Å²) in [5.41, 5.74) is 1.21. The molecule has 118 valence electrons. The van der Waals surface area contributed by atoms with Gasteiger partial charge in [0.25, 0.3) is 5.69 Å². The molecule has 9 heteroatoms. The van der Waals surface area contributed by atoms with Crippen molar-refractivity contribution in [2.24, 2.45) is 0 Å². The molecule has 1 heterocycles. The van der Waals surface area contributed by atoms with Crippen molar-refractivity contribution in [2.45, 2.75) is 6.42 Å². The molecule has 0 spiro atoms. The van der Waals surface area contributed by atoms with E-state index in [0.717, 1.165) is 6.26 Å². The molecule has 22 heavy (non-hydrogen) atoms. The van der Waals surface area contributed by atoms with Gasteiger partial charge < -0.3 is 5.32 Å². The zero-order valence-electron chi connectivity index (χ0n) is 11.9. The largest absolute Gasteiger partial charge is 0.383 e. The van der Waals surface area contributed by atoms with Crippen LogP contribution in [0.5, 0.6) is 0 Å². The van der Waals surface area contributed by atoms with Crippen LogP contribution < -0.4 is 10.0 Å². The van der Waals surface area contributed by atoms with Crippen LogP contribution >= 0.6 is 0 Å². The Labute approximate surface area is 127 Å². The van der Waals surface area contributed by atoms with Crippen molar-refractivity contribution < 1.29 is 13.3 Å². The van der Waals surface area contributed by atoms with Crippen LogP contribution in [0.2, 0.25) is 0 Å². The van der Waals surface area contributed by atoms with Crippen LogP contribution in [-0.2, 0) is 10.0 Å². The molecule has 0 saturated carbocycles. The third-order valence-corrected chi connectivity index (χ3v) is 3.71. The van der Waals surface area contributed by atoms with Crippen molar-refractivity contribution >= 4 is 32.3 Å². The minimum absolute atomic E-state index is 0.00685. The Kier molecular flexibility index (Phi) is 4.88. The average molecular weight is 324 g/mol. The van der Waals surface area contributed by atoms with Crippen molar-refractivity contribution in [3.05, 3.63) is 40.6 Å². The van der Waals surface area contributed by atoms with E-state index in [0.29, 0.717) is 36.1 Å². The van der Waals surface area contributed by atoms with Gasteiger partial charge in [0.1, 0.15) is 5.52 Å². The summed E-state index contributed by atoms with van der Waals surface area (Å²) in [4.78, 5) is 14.8. The Morgan fingerprint density at radius 2 is 2.05 bits per heavy atom. The molecule has 0 fully saturated rings. The van der Waals surface area contributed by atoms with E-state index in [-0.39, 0.29) is 5.69 Å². The van der Waals surface area contributed by atoms with Gasteiger partial charge in [-0.05, 0) is 24.6 Å². The van der Waals surface area contributed by atoms with Gasteiger partial charge in [-0.2, -0.15) is 0 Å². The number of non-ortho nitro benzene ring substituents is 1. The fourth-order valence-corrected chi connectivity index (χ4v) is 2.54. The summed E-state index contributed by atoms with van der Waals surface area (Å²) < 4.78 is 24.3. The fraction of sp³-hybridized carbons (Fsp3) is 0.308. The van der Waals surface area contributed by atoms with Gasteiger partial charge in [-0.15, -0.1) is 0 Å². The number of pyridine rings is 1. The van der Waals surface area contributed by atoms with Crippen LogP contribution in [0.4, 0.5) is 11.4 Å². The third-order valence-electron chi connectivity index (χ3n) is 2.98. The van der Waals surface area contributed by atoms with Crippen LogP contribution in [-0.4, -0.2) is 37.7 Å². The second-order valence-corrected chi connectivity index (χ2v) is 6.57. The molecule has 0 amide bonds. The van der Waals surface area contributed by atoms with E-state index in [4.69, 9.17) is 0 Å². The molecule has 1 aromatic carbocycles. The number of fused-ring (bicyclic) bond motifs is 1. The molecule has 1 aromatic heterocycles. The molecule has 0 unspecified atom stereocenters. The molecule has 2 rings (SSSR count). The van der Waals surface area contributed by atoms with Gasteiger partial charge >= 0.3 is 0 Å². The lowest BCUT2D eigenvalue weighted by atomic mass is 10.1. The molecule has 8 nitrogen and oxygen atoms in total. The standard InChI is InChI=1S/C13H16N4O4S/c1-22(20,21)16-9-3-8-14-11-5-6-12(17(18)19)10-4-2-7-15-13(10)11/h2,4-7,14,16H,3,8-9H2,1H3. The van der Waals surface area contributed by atoms with E-state index in [1.807, 2.05) is 0 Å². The maximum Gasteiger partial charge on any atom is 0.278 e. The van der Waals surface area contributed by atoms with Gasteiger partial charge in [-0.3, -0.25) is 15.1 Å². The predicted molar refractivity (Wildman–Crippen MR) is 84.4 cm³/mol. The first-order chi connectivity index (χ1) is 10.4. The summed E-state index contributed by atoms with van der Waals surface area (Å²) in [5, 5.41) is 14.6. The maximum absolute atomic E-state index is 11.0. The summed E-state index contributed by atoms with van der Waals surface area (Å²) in [6, 6.07) is 6.34. The van der Waals surface area contributed by atoms with E-state index in [1.54, 1.807) is 24.4 Å². The molecule has 0 aliphatic heterocycles. The fourth-order valence-electron chi connectivity index (χ4n) is 2.03. The van der Waals surface area contributed by atoms with Crippen molar-refractivity contribution in [3.63, 3.8) is 0 Å². The third kappa shape index (κ3) is 4.12. The summed E-state index contributed by atoms with van der Waals surface area (Å²) >= 11 is 0. The second kappa shape index (κ2) is 6.67. The highest BCUT2D eigenvalue weighted by Gasteiger charge is 2.14. The first kappa shape index (κ1) is 16.1. The number of anilines is 1. The van der Waals surface area contributed by atoms with E-state index in [9.17, 15) is 18.5 Å². The first-order valence-corrected chi connectivity index (χ1v) is 8.48. The lowest BCUT2D eigenvalue weighted by Crippen LogP contribution is -2.24. The topological polar surface area (TPSA) is 114 Å². The normalized spacial score (nSPS) is 11.5. The number of benzene rings is 1. The van der Waals surface area contributed by atoms with E-state index in [2.05, 4.69) is 15.0 Å². The number of nitrogens with zero attached hydrogens (tertiary/aromatic N) is 2. The van der Waals surface area contributed by atoms with Gasteiger partial charge in [-0.1, -0.05) is 0 Å². The Balaban J connectivity index is 2.09.